The van der Waals surface area contributed by atoms with E-state index in [9.17, 15) is 4.79 Å². The molecule has 0 spiro atoms. The van der Waals surface area contributed by atoms with Crippen LogP contribution in [-0.2, 0) is 11.8 Å². The van der Waals surface area contributed by atoms with Gasteiger partial charge in [0.05, 0.1) is 5.41 Å². The molecule has 0 N–H and O–H groups in total. The number of hydrogen-bond donors (Lipinski definition) is 0. The number of hydrogen-bond acceptors (Lipinski definition) is 1. The average molecular weight is 264 g/mol. The molecule has 2 aromatic rings. The Labute approximate surface area is 120 Å². The maximum atomic E-state index is 12.8. The molecule has 0 atom stereocenters. The van der Waals surface area contributed by atoms with E-state index < -0.39 is 0 Å². The van der Waals surface area contributed by atoms with Crippen molar-refractivity contribution in [2.24, 2.45) is 0 Å². The van der Waals surface area contributed by atoms with Crippen molar-refractivity contribution in [3.63, 3.8) is 0 Å². The van der Waals surface area contributed by atoms with Crippen LogP contribution in [0, 0.1) is 0 Å². The van der Waals surface area contributed by atoms with Crippen LogP contribution in [0.5, 0.6) is 0 Å². The summed E-state index contributed by atoms with van der Waals surface area (Å²) in [6.07, 6.45) is 4.18. The molecule has 0 radical (unpaired) electrons. The largest absolute Gasteiger partial charge is 0.293 e. The minimum Gasteiger partial charge on any atom is -0.293 e. The van der Waals surface area contributed by atoms with Crippen molar-refractivity contribution < 1.29 is 4.79 Å². The molecule has 1 nitrogen and oxygen atoms in total. The number of benzene rings is 2. The maximum Gasteiger partial charge on any atom is 0.173 e. The van der Waals surface area contributed by atoms with E-state index in [1.807, 2.05) is 30.3 Å². The Balaban J connectivity index is 1.86. The zero-order chi connectivity index (χ0) is 14.0. The Morgan fingerprint density at radius 3 is 2.20 bits per heavy atom. The van der Waals surface area contributed by atoms with Crippen molar-refractivity contribution in [1.29, 1.82) is 0 Å². The van der Waals surface area contributed by atoms with Crippen molar-refractivity contribution in [3.8, 4) is 0 Å². The number of carbonyl (C=O) groups is 1. The third-order valence-corrected chi connectivity index (χ3v) is 4.27. The van der Waals surface area contributed by atoms with Crippen molar-refractivity contribution in [2.45, 2.75) is 38.0 Å². The Morgan fingerprint density at radius 2 is 1.65 bits per heavy atom. The summed E-state index contributed by atoms with van der Waals surface area (Å²) in [5.74, 6) is 0.284. The Kier molecular flexibility index (Phi) is 3.43. The highest BCUT2D eigenvalue weighted by atomic mass is 16.1. The summed E-state index contributed by atoms with van der Waals surface area (Å²) in [5.41, 5.74) is 3.09. The summed E-state index contributed by atoms with van der Waals surface area (Å²) in [7, 11) is 0. The first-order valence-corrected chi connectivity index (χ1v) is 7.45. The van der Waals surface area contributed by atoms with Gasteiger partial charge in [0.1, 0.15) is 0 Å². The molecular weight excluding hydrogens is 244 g/mol. The van der Waals surface area contributed by atoms with E-state index in [1.165, 1.54) is 11.1 Å². The molecule has 0 aliphatic heterocycles. The van der Waals surface area contributed by atoms with Crippen LogP contribution in [0.15, 0.2) is 54.6 Å². The number of rotatable bonds is 5. The minimum absolute atomic E-state index is 0.243. The van der Waals surface area contributed by atoms with E-state index in [-0.39, 0.29) is 11.2 Å². The topological polar surface area (TPSA) is 17.1 Å². The average Bonchev–Trinajstić information content (AvgIpc) is 3.30. The molecular formula is C19H20O. The van der Waals surface area contributed by atoms with Crippen molar-refractivity contribution in [3.05, 3.63) is 71.3 Å². The monoisotopic (exact) mass is 264 g/mol. The first-order valence-electron chi connectivity index (χ1n) is 7.45. The van der Waals surface area contributed by atoms with Gasteiger partial charge >= 0.3 is 0 Å². The quantitative estimate of drug-likeness (QED) is 0.724. The second-order valence-electron chi connectivity index (χ2n) is 5.72. The molecule has 0 amide bonds. The number of aryl methyl sites for hydroxylation is 1. The van der Waals surface area contributed by atoms with Gasteiger partial charge in [-0.15, -0.1) is 0 Å². The predicted molar refractivity (Wildman–Crippen MR) is 82.1 cm³/mol. The zero-order valence-electron chi connectivity index (χ0n) is 11.9. The zero-order valence-corrected chi connectivity index (χ0v) is 11.9. The molecule has 2 aromatic carbocycles. The summed E-state index contributed by atoms with van der Waals surface area (Å²) in [4.78, 5) is 12.8. The molecule has 20 heavy (non-hydrogen) atoms. The van der Waals surface area contributed by atoms with Crippen LogP contribution in [0.2, 0.25) is 0 Å². The molecule has 1 aliphatic carbocycles. The Hall–Kier alpha value is -1.89. The number of ketones is 1. The first kappa shape index (κ1) is 13.1. The van der Waals surface area contributed by atoms with Crippen LogP contribution in [-0.4, -0.2) is 5.78 Å². The summed E-state index contributed by atoms with van der Waals surface area (Å²) in [6, 6.07) is 18.4. The summed E-state index contributed by atoms with van der Waals surface area (Å²) < 4.78 is 0. The summed E-state index contributed by atoms with van der Waals surface area (Å²) in [6.45, 7) is 2.17. The third kappa shape index (κ3) is 2.29. The van der Waals surface area contributed by atoms with Crippen LogP contribution in [0.1, 0.15) is 47.7 Å². The fourth-order valence-electron chi connectivity index (χ4n) is 2.92. The molecule has 0 bridgehead atoms. The van der Waals surface area contributed by atoms with Crippen molar-refractivity contribution >= 4 is 5.78 Å². The van der Waals surface area contributed by atoms with Gasteiger partial charge in [-0.05, 0) is 30.4 Å². The van der Waals surface area contributed by atoms with Gasteiger partial charge in [0.15, 0.2) is 5.78 Å². The molecule has 102 valence electrons. The highest BCUT2D eigenvalue weighted by Gasteiger charge is 2.50. The third-order valence-electron chi connectivity index (χ3n) is 4.27. The highest BCUT2D eigenvalue weighted by Crippen LogP contribution is 2.50. The van der Waals surface area contributed by atoms with Gasteiger partial charge in [-0.1, -0.05) is 67.9 Å². The van der Waals surface area contributed by atoms with Crippen molar-refractivity contribution in [1.82, 2.24) is 0 Å². The van der Waals surface area contributed by atoms with Crippen LogP contribution in [0.4, 0.5) is 0 Å². The summed E-state index contributed by atoms with van der Waals surface area (Å²) in [5, 5.41) is 0. The van der Waals surface area contributed by atoms with Gasteiger partial charge < -0.3 is 0 Å². The maximum absolute atomic E-state index is 12.8. The number of carbonyl (C=O) groups excluding carboxylic acids is 1. The fraction of sp³-hybridized carbons (Fsp3) is 0.316. The van der Waals surface area contributed by atoms with Gasteiger partial charge in [0.25, 0.3) is 0 Å². The van der Waals surface area contributed by atoms with Crippen LogP contribution < -0.4 is 0 Å². The lowest BCUT2D eigenvalue weighted by Gasteiger charge is -2.14. The number of Topliss-reactive ketones (excluding diaryl/α,β-unsaturated/α-hetero) is 1. The van der Waals surface area contributed by atoms with E-state index in [0.717, 1.165) is 31.2 Å². The van der Waals surface area contributed by atoms with E-state index in [4.69, 9.17) is 0 Å². The Bertz CT molecular complexity index is 591. The molecule has 1 aliphatic rings. The van der Waals surface area contributed by atoms with Gasteiger partial charge in [-0.3, -0.25) is 4.79 Å². The van der Waals surface area contributed by atoms with E-state index >= 15 is 0 Å². The summed E-state index contributed by atoms with van der Waals surface area (Å²) >= 11 is 0. The van der Waals surface area contributed by atoms with Gasteiger partial charge in [0.2, 0.25) is 0 Å². The molecule has 1 saturated carbocycles. The smallest absolute Gasteiger partial charge is 0.173 e. The first-order chi connectivity index (χ1) is 9.76. The molecule has 3 rings (SSSR count). The van der Waals surface area contributed by atoms with E-state index in [2.05, 4.69) is 31.2 Å². The van der Waals surface area contributed by atoms with Crippen molar-refractivity contribution in [2.75, 3.05) is 0 Å². The lowest BCUT2D eigenvalue weighted by Crippen LogP contribution is -2.20. The molecule has 0 aromatic heterocycles. The second-order valence-corrected chi connectivity index (χ2v) is 5.72. The molecule has 1 fully saturated rings. The SMILES string of the molecule is CCCc1ccc(C(=O)C2(c3ccccc3)CC2)cc1. The second kappa shape index (κ2) is 5.24. The molecule has 0 saturated heterocycles. The minimum atomic E-state index is -0.243. The molecule has 1 heteroatoms. The van der Waals surface area contributed by atoms with Gasteiger partial charge in [-0.25, -0.2) is 0 Å². The standard InChI is InChI=1S/C19H20O/c1-2-6-15-9-11-16(12-10-15)18(20)19(13-14-19)17-7-4-3-5-8-17/h3-5,7-12H,2,6,13-14H2,1H3. The van der Waals surface area contributed by atoms with Crippen LogP contribution >= 0.6 is 0 Å². The lowest BCUT2D eigenvalue weighted by molar-refractivity contribution is 0.0946. The highest BCUT2D eigenvalue weighted by molar-refractivity contribution is 6.06. The lowest BCUT2D eigenvalue weighted by atomic mass is 9.87. The normalized spacial score (nSPS) is 15.8. The van der Waals surface area contributed by atoms with Gasteiger partial charge in [0, 0.05) is 5.56 Å². The Morgan fingerprint density at radius 1 is 1.00 bits per heavy atom. The molecule has 0 unspecified atom stereocenters. The van der Waals surface area contributed by atoms with E-state index in [1.54, 1.807) is 0 Å². The molecule has 0 heterocycles. The predicted octanol–water partition coefficient (Wildman–Crippen LogP) is 4.55. The van der Waals surface area contributed by atoms with Gasteiger partial charge in [-0.2, -0.15) is 0 Å². The fourth-order valence-corrected chi connectivity index (χ4v) is 2.92. The van der Waals surface area contributed by atoms with Crippen LogP contribution in [0.25, 0.3) is 0 Å². The van der Waals surface area contributed by atoms with E-state index in [0.29, 0.717) is 0 Å². The van der Waals surface area contributed by atoms with Crippen LogP contribution in [0.3, 0.4) is 0 Å².